The number of carbonyl (C=O) groups is 1. The monoisotopic (exact) mass is 459 g/mol. The lowest BCUT2D eigenvalue weighted by molar-refractivity contribution is -0.143. The van der Waals surface area contributed by atoms with Crippen LogP contribution in [0, 0.1) is 5.92 Å². The fourth-order valence-electron chi connectivity index (χ4n) is 5.13. The molecule has 0 radical (unpaired) electrons. The Hall–Kier alpha value is -2.50. The summed E-state index contributed by atoms with van der Waals surface area (Å²) in [5.41, 5.74) is 1.29. The van der Waals surface area contributed by atoms with E-state index in [1.54, 1.807) is 0 Å². The van der Waals surface area contributed by atoms with Crippen molar-refractivity contribution in [2.24, 2.45) is 5.92 Å². The van der Waals surface area contributed by atoms with Crippen molar-refractivity contribution < 1.29 is 22.7 Å². The summed E-state index contributed by atoms with van der Waals surface area (Å²) < 4.78 is 44.4. The van der Waals surface area contributed by atoms with Crippen molar-refractivity contribution in [1.82, 2.24) is 4.90 Å². The summed E-state index contributed by atoms with van der Waals surface area (Å²) in [6.07, 6.45) is 1.09. The molecule has 1 aliphatic heterocycles. The number of alkyl halides is 3. The minimum Gasteiger partial charge on any atom is -0.490 e. The number of carbonyl (C=O) groups excluding carboxylic acids is 1. The Bertz CT molecular complexity index is 949. The Kier molecular flexibility index (Phi) is 6.73. The van der Waals surface area contributed by atoms with Crippen molar-refractivity contribution >= 4 is 5.91 Å². The molecule has 2 fully saturated rings. The van der Waals surface area contributed by atoms with E-state index in [1.807, 2.05) is 11.8 Å². The van der Waals surface area contributed by atoms with Crippen molar-refractivity contribution in [2.45, 2.75) is 70.1 Å². The van der Waals surface area contributed by atoms with E-state index in [2.05, 4.69) is 31.2 Å². The quantitative estimate of drug-likeness (QED) is 0.501. The van der Waals surface area contributed by atoms with Crippen LogP contribution in [0.1, 0.15) is 62.6 Å². The molecule has 1 saturated heterocycles. The maximum Gasteiger partial charge on any atom is 0.416 e. The Balaban J connectivity index is 1.42. The van der Waals surface area contributed by atoms with Gasteiger partial charge in [0.05, 0.1) is 11.0 Å². The number of piperidine rings is 1. The van der Waals surface area contributed by atoms with Gasteiger partial charge in [-0.05, 0) is 74.4 Å². The molecule has 0 spiro atoms. The van der Waals surface area contributed by atoms with Gasteiger partial charge >= 0.3 is 6.18 Å². The van der Waals surface area contributed by atoms with Gasteiger partial charge in [0.1, 0.15) is 11.9 Å². The molecule has 0 N–H and O–H groups in total. The average molecular weight is 460 g/mol. The smallest absolute Gasteiger partial charge is 0.416 e. The van der Waals surface area contributed by atoms with Crippen LogP contribution in [0.5, 0.6) is 5.75 Å². The maximum absolute atomic E-state index is 13.7. The van der Waals surface area contributed by atoms with E-state index in [4.69, 9.17) is 4.74 Å². The van der Waals surface area contributed by atoms with E-state index < -0.39 is 17.2 Å². The van der Waals surface area contributed by atoms with Crippen molar-refractivity contribution in [1.29, 1.82) is 0 Å². The van der Waals surface area contributed by atoms with Crippen LogP contribution < -0.4 is 4.74 Å². The topological polar surface area (TPSA) is 29.5 Å². The Morgan fingerprint density at radius 3 is 2.30 bits per heavy atom. The first-order valence-electron chi connectivity index (χ1n) is 12.0. The van der Waals surface area contributed by atoms with Gasteiger partial charge in [-0.15, -0.1) is 0 Å². The van der Waals surface area contributed by atoms with E-state index in [1.165, 1.54) is 17.7 Å². The Morgan fingerprint density at radius 1 is 1.09 bits per heavy atom. The third-order valence-electron chi connectivity index (χ3n) is 7.44. The summed E-state index contributed by atoms with van der Waals surface area (Å²) in [6, 6.07) is 13.3. The second-order valence-corrected chi connectivity index (χ2v) is 9.48. The van der Waals surface area contributed by atoms with E-state index in [9.17, 15) is 18.0 Å². The molecule has 2 atom stereocenters. The normalized spacial score (nSPS) is 21.2. The Labute approximate surface area is 193 Å². The third-order valence-corrected chi connectivity index (χ3v) is 7.44. The molecule has 1 amide bonds. The van der Waals surface area contributed by atoms with Crippen molar-refractivity contribution in [3.63, 3.8) is 0 Å². The summed E-state index contributed by atoms with van der Waals surface area (Å²) in [5.74, 6) is 0.777. The second-order valence-electron chi connectivity index (χ2n) is 9.48. The maximum atomic E-state index is 13.7. The highest BCUT2D eigenvalue weighted by atomic mass is 19.4. The number of halogens is 3. The van der Waals surface area contributed by atoms with Gasteiger partial charge in [-0.1, -0.05) is 37.6 Å². The fourth-order valence-corrected chi connectivity index (χ4v) is 5.13. The minimum atomic E-state index is -4.36. The van der Waals surface area contributed by atoms with Gasteiger partial charge in [0.15, 0.2) is 0 Å². The molecule has 178 valence electrons. The van der Waals surface area contributed by atoms with Crippen molar-refractivity contribution in [3.8, 4) is 5.75 Å². The Morgan fingerprint density at radius 2 is 1.76 bits per heavy atom. The van der Waals surface area contributed by atoms with E-state index in [0.717, 1.165) is 62.8 Å². The summed E-state index contributed by atoms with van der Waals surface area (Å²) in [6.45, 7) is 5.44. The zero-order valence-electron chi connectivity index (χ0n) is 19.3. The predicted molar refractivity (Wildman–Crippen MR) is 122 cm³/mol. The number of rotatable bonds is 6. The first-order valence-corrected chi connectivity index (χ1v) is 12.0. The molecule has 2 aliphatic rings. The highest BCUT2D eigenvalue weighted by Crippen LogP contribution is 2.46. The lowest BCUT2D eigenvalue weighted by atomic mass is 9.63. The number of benzene rings is 2. The third kappa shape index (κ3) is 4.90. The van der Waals surface area contributed by atoms with Crippen LogP contribution in [-0.4, -0.2) is 30.0 Å². The number of likely N-dealkylation sites (tertiary alicyclic amines) is 1. The summed E-state index contributed by atoms with van der Waals surface area (Å²) in [7, 11) is 0. The van der Waals surface area contributed by atoms with Crippen LogP contribution in [0.2, 0.25) is 0 Å². The molecule has 0 aromatic heterocycles. The van der Waals surface area contributed by atoms with Crippen LogP contribution in [-0.2, 0) is 22.8 Å². The van der Waals surface area contributed by atoms with Crippen molar-refractivity contribution in [3.05, 3.63) is 65.2 Å². The average Bonchev–Trinajstić information content (AvgIpc) is 2.78. The van der Waals surface area contributed by atoms with Gasteiger partial charge in [-0.2, -0.15) is 13.2 Å². The highest BCUT2D eigenvalue weighted by Gasteiger charge is 2.48. The molecule has 3 nitrogen and oxygen atoms in total. The summed E-state index contributed by atoms with van der Waals surface area (Å²) >= 11 is 0. The summed E-state index contributed by atoms with van der Waals surface area (Å²) in [5, 5.41) is 0. The minimum absolute atomic E-state index is 0.143. The van der Waals surface area contributed by atoms with Gasteiger partial charge in [-0.3, -0.25) is 4.79 Å². The number of hydrogen-bond donors (Lipinski definition) is 0. The van der Waals surface area contributed by atoms with Crippen LogP contribution >= 0.6 is 0 Å². The van der Waals surface area contributed by atoms with Crippen LogP contribution in [0.4, 0.5) is 13.2 Å². The number of nitrogens with zero attached hydrogens (tertiary/aromatic N) is 1. The van der Waals surface area contributed by atoms with Gasteiger partial charge in [0.25, 0.3) is 0 Å². The van der Waals surface area contributed by atoms with E-state index >= 15 is 0 Å². The molecule has 33 heavy (non-hydrogen) atoms. The number of aryl methyl sites for hydroxylation is 1. The van der Waals surface area contributed by atoms with E-state index in [0.29, 0.717) is 12.3 Å². The van der Waals surface area contributed by atoms with E-state index in [-0.39, 0.29) is 17.9 Å². The molecule has 4 rings (SSSR count). The summed E-state index contributed by atoms with van der Waals surface area (Å²) in [4.78, 5) is 15.7. The van der Waals surface area contributed by atoms with Crippen LogP contribution in [0.3, 0.4) is 0 Å². The zero-order chi connectivity index (χ0) is 23.6. The molecule has 1 saturated carbocycles. The first kappa shape index (κ1) is 23.7. The fraction of sp³-hybridized carbons (Fsp3) is 0.519. The highest BCUT2D eigenvalue weighted by molar-refractivity contribution is 5.89. The van der Waals surface area contributed by atoms with Gasteiger partial charge in [0, 0.05) is 19.0 Å². The number of ether oxygens (including phenoxy) is 1. The largest absolute Gasteiger partial charge is 0.490 e. The second kappa shape index (κ2) is 9.40. The standard InChI is InChI=1S/C27H32F3NO2/c1-3-20-7-9-22(10-8-20)26(15-5-16-26)25(32)31-17-4-6-21(18-31)19(2)33-24-13-11-23(12-14-24)27(28,29)30/h7-14,19,21H,3-6,15-18H2,1-2H3. The molecule has 1 aliphatic carbocycles. The van der Waals surface area contributed by atoms with Gasteiger partial charge < -0.3 is 9.64 Å². The molecule has 1 heterocycles. The van der Waals surface area contributed by atoms with Gasteiger partial charge in [0.2, 0.25) is 5.91 Å². The lowest BCUT2D eigenvalue weighted by Gasteiger charge is -2.46. The van der Waals surface area contributed by atoms with Crippen molar-refractivity contribution in [2.75, 3.05) is 13.1 Å². The molecule has 2 unspecified atom stereocenters. The lowest BCUT2D eigenvalue weighted by Crippen LogP contribution is -2.54. The van der Waals surface area contributed by atoms with Crippen LogP contribution in [0.15, 0.2) is 48.5 Å². The number of amides is 1. The SMILES string of the molecule is CCc1ccc(C2(C(=O)N3CCCC(C(C)Oc4ccc(C(F)(F)F)cc4)C3)CCC2)cc1. The first-order chi connectivity index (χ1) is 15.7. The van der Waals surface area contributed by atoms with Gasteiger partial charge in [-0.25, -0.2) is 0 Å². The number of hydrogen-bond acceptors (Lipinski definition) is 2. The molecule has 2 aromatic rings. The molecular weight excluding hydrogens is 427 g/mol. The predicted octanol–water partition coefficient (Wildman–Crippen LogP) is 6.40. The molecule has 6 heteroatoms. The molecular formula is C27H32F3NO2. The molecule has 0 bridgehead atoms. The van der Waals surface area contributed by atoms with Crippen LogP contribution in [0.25, 0.3) is 0 Å². The molecule has 2 aromatic carbocycles. The zero-order valence-corrected chi connectivity index (χ0v) is 19.3.